The van der Waals surface area contributed by atoms with Crippen LogP contribution in [-0.4, -0.2) is 30.3 Å². The van der Waals surface area contributed by atoms with Crippen molar-refractivity contribution in [3.63, 3.8) is 0 Å². The fourth-order valence-electron chi connectivity index (χ4n) is 1.65. The first-order chi connectivity index (χ1) is 5.75. The zero-order valence-corrected chi connectivity index (χ0v) is 7.42. The molecule has 0 heterocycles. The maximum absolute atomic E-state index is 11.4. The Morgan fingerprint density at radius 3 is 3.00 bits per heavy atom. The van der Waals surface area contributed by atoms with Gasteiger partial charge < -0.3 is 0 Å². The molecule has 1 aliphatic rings. The third-order valence-electron chi connectivity index (χ3n) is 2.37. The molecule has 0 amide bonds. The van der Waals surface area contributed by atoms with Crippen molar-refractivity contribution in [3.05, 3.63) is 0 Å². The van der Waals surface area contributed by atoms with Crippen molar-refractivity contribution in [3.8, 4) is 6.07 Å². The lowest BCUT2D eigenvalue weighted by molar-refractivity contribution is -0.125. The molecule has 0 aromatic carbocycles. The van der Waals surface area contributed by atoms with E-state index in [1.54, 1.807) is 0 Å². The summed E-state index contributed by atoms with van der Waals surface area (Å²) < 4.78 is 0. The SMILES string of the molecule is CN(CC#N)C1CCCCC1=O. The number of nitrogens with zero attached hydrogens (tertiary/aromatic N) is 2. The summed E-state index contributed by atoms with van der Waals surface area (Å²) in [5.74, 6) is 0.305. The molecule has 1 aliphatic carbocycles. The van der Waals surface area contributed by atoms with Gasteiger partial charge in [0, 0.05) is 6.42 Å². The minimum Gasteiger partial charge on any atom is -0.298 e. The Morgan fingerprint density at radius 1 is 1.67 bits per heavy atom. The van der Waals surface area contributed by atoms with Gasteiger partial charge in [0.2, 0.25) is 0 Å². The summed E-state index contributed by atoms with van der Waals surface area (Å²) in [5, 5.41) is 8.45. The van der Waals surface area contributed by atoms with E-state index >= 15 is 0 Å². The average Bonchev–Trinajstić information content (AvgIpc) is 2.05. The Labute approximate surface area is 73.0 Å². The van der Waals surface area contributed by atoms with Crippen LogP contribution in [0.5, 0.6) is 0 Å². The molecule has 0 saturated heterocycles. The Morgan fingerprint density at radius 2 is 2.42 bits per heavy atom. The number of rotatable bonds is 2. The van der Waals surface area contributed by atoms with Gasteiger partial charge in [-0.2, -0.15) is 5.26 Å². The highest BCUT2D eigenvalue weighted by Gasteiger charge is 2.25. The molecule has 1 rings (SSSR count). The van der Waals surface area contributed by atoms with E-state index in [1.807, 2.05) is 11.9 Å². The van der Waals surface area contributed by atoms with Gasteiger partial charge in [-0.25, -0.2) is 0 Å². The summed E-state index contributed by atoms with van der Waals surface area (Å²) in [6.07, 6.45) is 3.76. The van der Waals surface area contributed by atoms with E-state index in [4.69, 9.17) is 5.26 Å². The quantitative estimate of drug-likeness (QED) is 0.574. The molecule has 0 aromatic heterocycles. The summed E-state index contributed by atoms with van der Waals surface area (Å²) >= 11 is 0. The number of Topliss-reactive ketones (excluding diaryl/α,β-unsaturated/α-hetero) is 1. The predicted molar refractivity (Wildman–Crippen MR) is 45.5 cm³/mol. The lowest BCUT2D eigenvalue weighted by atomic mass is 9.93. The van der Waals surface area contributed by atoms with Crippen LogP contribution >= 0.6 is 0 Å². The highest BCUT2D eigenvalue weighted by molar-refractivity contribution is 5.84. The molecular weight excluding hydrogens is 152 g/mol. The van der Waals surface area contributed by atoms with Crippen LogP contribution in [0.4, 0.5) is 0 Å². The van der Waals surface area contributed by atoms with Crippen LogP contribution in [0.3, 0.4) is 0 Å². The van der Waals surface area contributed by atoms with Crippen LogP contribution in [-0.2, 0) is 4.79 Å². The molecule has 0 bridgehead atoms. The number of carbonyl (C=O) groups is 1. The molecule has 3 nitrogen and oxygen atoms in total. The second-order valence-corrected chi connectivity index (χ2v) is 3.30. The maximum atomic E-state index is 11.4. The first kappa shape index (κ1) is 9.21. The smallest absolute Gasteiger partial charge is 0.149 e. The fraction of sp³-hybridized carbons (Fsp3) is 0.778. The number of hydrogen-bond acceptors (Lipinski definition) is 3. The van der Waals surface area contributed by atoms with Gasteiger partial charge in [-0.1, -0.05) is 6.42 Å². The molecular formula is C9H14N2O. The number of carbonyl (C=O) groups excluding carboxylic acids is 1. The molecule has 0 radical (unpaired) electrons. The average molecular weight is 166 g/mol. The number of ketones is 1. The molecule has 0 aromatic rings. The largest absolute Gasteiger partial charge is 0.298 e. The van der Waals surface area contributed by atoms with E-state index in [1.165, 1.54) is 0 Å². The first-order valence-electron chi connectivity index (χ1n) is 4.35. The molecule has 1 saturated carbocycles. The fourth-order valence-corrected chi connectivity index (χ4v) is 1.65. The van der Waals surface area contributed by atoms with E-state index in [9.17, 15) is 4.79 Å². The highest BCUT2D eigenvalue weighted by Crippen LogP contribution is 2.18. The zero-order valence-electron chi connectivity index (χ0n) is 7.42. The van der Waals surface area contributed by atoms with Gasteiger partial charge in [-0.3, -0.25) is 9.69 Å². The van der Waals surface area contributed by atoms with Crippen LogP contribution in [0.15, 0.2) is 0 Å². The number of likely N-dealkylation sites (N-methyl/N-ethyl adjacent to an activating group) is 1. The monoisotopic (exact) mass is 166 g/mol. The lowest BCUT2D eigenvalue weighted by Gasteiger charge is -2.27. The predicted octanol–water partition coefficient (Wildman–Crippen LogP) is 0.953. The van der Waals surface area contributed by atoms with Gasteiger partial charge in [0.1, 0.15) is 5.78 Å². The van der Waals surface area contributed by atoms with Crippen molar-refractivity contribution < 1.29 is 4.79 Å². The van der Waals surface area contributed by atoms with E-state index in [-0.39, 0.29) is 6.04 Å². The van der Waals surface area contributed by atoms with Crippen molar-refractivity contribution >= 4 is 5.78 Å². The molecule has 0 spiro atoms. The van der Waals surface area contributed by atoms with Crippen LogP contribution in [0.1, 0.15) is 25.7 Å². The van der Waals surface area contributed by atoms with Gasteiger partial charge in [-0.15, -0.1) is 0 Å². The highest BCUT2D eigenvalue weighted by atomic mass is 16.1. The van der Waals surface area contributed by atoms with Crippen LogP contribution in [0.25, 0.3) is 0 Å². The molecule has 1 atom stereocenters. The van der Waals surface area contributed by atoms with E-state index < -0.39 is 0 Å². The van der Waals surface area contributed by atoms with E-state index in [0.717, 1.165) is 19.3 Å². The summed E-state index contributed by atoms with van der Waals surface area (Å²) in [6.45, 7) is 0.358. The van der Waals surface area contributed by atoms with Crippen LogP contribution in [0, 0.1) is 11.3 Å². The number of nitriles is 1. The maximum Gasteiger partial charge on any atom is 0.149 e. The second-order valence-electron chi connectivity index (χ2n) is 3.30. The molecule has 0 aliphatic heterocycles. The van der Waals surface area contributed by atoms with Crippen LogP contribution in [0.2, 0.25) is 0 Å². The lowest BCUT2D eigenvalue weighted by Crippen LogP contribution is -2.40. The van der Waals surface area contributed by atoms with Crippen molar-refractivity contribution in [2.45, 2.75) is 31.7 Å². The molecule has 1 unspecified atom stereocenters. The molecule has 12 heavy (non-hydrogen) atoms. The molecule has 3 heteroatoms. The summed E-state index contributed by atoms with van der Waals surface area (Å²) in [5.41, 5.74) is 0. The number of hydrogen-bond donors (Lipinski definition) is 0. The van der Waals surface area contributed by atoms with Gasteiger partial charge in [0.15, 0.2) is 0 Å². The van der Waals surface area contributed by atoms with Gasteiger partial charge in [0.25, 0.3) is 0 Å². The zero-order chi connectivity index (χ0) is 8.97. The Kier molecular flexibility index (Phi) is 3.24. The molecule has 0 N–H and O–H groups in total. The van der Waals surface area contributed by atoms with Crippen molar-refractivity contribution in [2.24, 2.45) is 0 Å². The van der Waals surface area contributed by atoms with E-state index in [0.29, 0.717) is 18.7 Å². The van der Waals surface area contributed by atoms with Crippen molar-refractivity contribution in [2.75, 3.05) is 13.6 Å². The summed E-state index contributed by atoms with van der Waals surface area (Å²) in [6, 6.07) is 2.07. The van der Waals surface area contributed by atoms with Crippen molar-refractivity contribution in [1.29, 1.82) is 5.26 Å². The normalized spacial score (nSPS) is 24.1. The standard InChI is InChI=1S/C9H14N2O/c1-11(7-6-10)8-4-2-3-5-9(8)12/h8H,2-5,7H2,1H3. The second kappa shape index (κ2) is 4.22. The third-order valence-corrected chi connectivity index (χ3v) is 2.37. The Bertz CT molecular complexity index is 207. The van der Waals surface area contributed by atoms with Gasteiger partial charge in [0.05, 0.1) is 18.7 Å². The minimum absolute atomic E-state index is 0.0124. The molecule has 66 valence electrons. The topological polar surface area (TPSA) is 44.1 Å². The molecule has 1 fully saturated rings. The third kappa shape index (κ3) is 2.05. The van der Waals surface area contributed by atoms with Gasteiger partial charge >= 0.3 is 0 Å². The van der Waals surface area contributed by atoms with E-state index in [2.05, 4.69) is 6.07 Å². The van der Waals surface area contributed by atoms with Gasteiger partial charge in [-0.05, 0) is 19.9 Å². The first-order valence-corrected chi connectivity index (χ1v) is 4.35. The Hall–Kier alpha value is -0.880. The Balaban J connectivity index is 2.48. The minimum atomic E-state index is 0.0124. The van der Waals surface area contributed by atoms with Crippen LogP contribution < -0.4 is 0 Å². The summed E-state index contributed by atoms with van der Waals surface area (Å²) in [4.78, 5) is 13.2. The summed E-state index contributed by atoms with van der Waals surface area (Å²) in [7, 11) is 1.84. The van der Waals surface area contributed by atoms with Crippen molar-refractivity contribution in [1.82, 2.24) is 4.90 Å².